The van der Waals surface area contributed by atoms with Gasteiger partial charge in [0.2, 0.25) is 5.91 Å². The number of amides is 1. The Balaban J connectivity index is 1.84. The number of likely N-dealkylation sites (tertiary alicyclic amines) is 1. The van der Waals surface area contributed by atoms with Crippen LogP contribution >= 0.6 is 0 Å². The molecule has 1 aliphatic carbocycles. The Morgan fingerprint density at radius 3 is 2.47 bits per heavy atom. The summed E-state index contributed by atoms with van der Waals surface area (Å²) in [5, 5.41) is 0. The number of carbonyl (C=O) groups is 1. The van der Waals surface area contributed by atoms with Crippen molar-refractivity contribution in [3.05, 3.63) is 0 Å². The van der Waals surface area contributed by atoms with Gasteiger partial charge < -0.3 is 10.6 Å². The van der Waals surface area contributed by atoms with Crippen molar-refractivity contribution in [2.45, 2.75) is 51.0 Å². The molecule has 2 fully saturated rings. The van der Waals surface area contributed by atoms with Crippen LogP contribution in [0, 0.1) is 5.92 Å². The first-order chi connectivity index (χ1) is 7.33. The van der Waals surface area contributed by atoms with E-state index in [1.165, 1.54) is 19.3 Å². The molecule has 86 valence electrons. The van der Waals surface area contributed by atoms with Crippen molar-refractivity contribution in [3.63, 3.8) is 0 Å². The average molecular weight is 210 g/mol. The van der Waals surface area contributed by atoms with Gasteiger partial charge in [-0.05, 0) is 32.2 Å². The quantitative estimate of drug-likeness (QED) is 0.767. The predicted molar refractivity (Wildman–Crippen MR) is 60.4 cm³/mol. The first-order valence-corrected chi connectivity index (χ1v) is 6.33. The van der Waals surface area contributed by atoms with Gasteiger partial charge in [0, 0.05) is 18.5 Å². The fourth-order valence-electron chi connectivity index (χ4n) is 2.81. The van der Waals surface area contributed by atoms with Gasteiger partial charge in [-0.2, -0.15) is 0 Å². The summed E-state index contributed by atoms with van der Waals surface area (Å²) in [5.41, 5.74) is 5.54. The van der Waals surface area contributed by atoms with Crippen LogP contribution in [0.15, 0.2) is 0 Å². The lowest BCUT2D eigenvalue weighted by Gasteiger charge is -2.43. The molecule has 1 amide bonds. The first-order valence-electron chi connectivity index (χ1n) is 6.33. The van der Waals surface area contributed by atoms with Gasteiger partial charge in [-0.3, -0.25) is 4.79 Å². The van der Waals surface area contributed by atoms with Crippen LogP contribution in [0.2, 0.25) is 0 Å². The van der Waals surface area contributed by atoms with Crippen molar-refractivity contribution < 1.29 is 4.79 Å². The molecule has 1 saturated carbocycles. The lowest BCUT2D eigenvalue weighted by Crippen LogP contribution is -2.53. The topological polar surface area (TPSA) is 46.3 Å². The molecular weight excluding hydrogens is 188 g/mol. The van der Waals surface area contributed by atoms with Crippen LogP contribution in [0.1, 0.15) is 44.9 Å². The van der Waals surface area contributed by atoms with Crippen LogP contribution < -0.4 is 5.73 Å². The maximum atomic E-state index is 12.2. The number of hydrogen-bond donors (Lipinski definition) is 1. The summed E-state index contributed by atoms with van der Waals surface area (Å²) in [6.07, 6.45) is 8.18. The summed E-state index contributed by atoms with van der Waals surface area (Å²) in [6.45, 7) is 1.68. The highest BCUT2D eigenvalue weighted by atomic mass is 16.2. The normalized spacial score (nSPS) is 27.5. The number of hydrogen-bond acceptors (Lipinski definition) is 2. The van der Waals surface area contributed by atoms with Gasteiger partial charge in [-0.1, -0.05) is 19.3 Å². The monoisotopic (exact) mass is 210 g/mol. The van der Waals surface area contributed by atoms with Crippen LogP contribution in [-0.4, -0.2) is 29.9 Å². The highest BCUT2D eigenvalue weighted by molar-refractivity contribution is 5.80. The number of carbonyl (C=O) groups excluding carboxylic acids is 1. The third-order valence-corrected chi connectivity index (χ3v) is 3.88. The summed E-state index contributed by atoms with van der Waals surface area (Å²) in [6, 6.07) is 0.462. The zero-order chi connectivity index (χ0) is 10.7. The van der Waals surface area contributed by atoms with E-state index in [-0.39, 0.29) is 0 Å². The van der Waals surface area contributed by atoms with Gasteiger partial charge in [0.25, 0.3) is 0 Å². The third kappa shape index (κ3) is 2.33. The van der Waals surface area contributed by atoms with Gasteiger partial charge in [-0.15, -0.1) is 0 Å². The molecule has 2 N–H and O–H groups in total. The molecule has 2 aliphatic rings. The summed E-state index contributed by atoms with van der Waals surface area (Å²) < 4.78 is 0. The van der Waals surface area contributed by atoms with E-state index in [0.29, 0.717) is 24.4 Å². The molecule has 1 aliphatic heterocycles. The minimum Gasteiger partial charge on any atom is -0.339 e. The van der Waals surface area contributed by atoms with Crippen LogP contribution in [0.25, 0.3) is 0 Å². The van der Waals surface area contributed by atoms with Crippen LogP contribution in [0.3, 0.4) is 0 Å². The summed E-state index contributed by atoms with van der Waals surface area (Å²) in [4.78, 5) is 14.2. The molecule has 1 atom stereocenters. The SMILES string of the molecule is NCCC1CCN1C(=O)C1CCCCC1. The fraction of sp³-hybridized carbons (Fsp3) is 0.917. The van der Waals surface area contributed by atoms with E-state index in [9.17, 15) is 4.79 Å². The Morgan fingerprint density at radius 1 is 1.20 bits per heavy atom. The van der Waals surface area contributed by atoms with Crippen molar-refractivity contribution in [3.8, 4) is 0 Å². The molecule has 1 heterocycles. The van der Waals surface area contributed by atoms with Gasteiger partial charge in [0.15, 0.2) is 0 Å². The Labute approximate surface area is 92.0 Å². The maximum Gasteiger partial charge on any atom is 0.225 e. The standard InChI is InChI=1S/C12H22N2O/c13-8-6-11-7-9-14(11)12(15)10-4-2-1-3-5-10/h10-11H,1-9,13H2. The average Bonchev–Trinajstić information content (AvgIpc) is 2.25. The van der Waals surface area contributed by atoms with Gasteiger partial charge in [0.05, 0.1) is 0 Å². The van der Waals surface area contributed by atoms with Crippen molar-refractivity contribution in [1.29, 1.82) is 0 Å². The Bertz CT molecular complexity index is 224. The molecular formula is C12H22N2O. The van der Waals surface area contributed by atoms with Gasteiger partial charge >= 0.3 is 0 Å². The molecule has 3 nitrogen and oxygen atoms in total. The third-order valence-electron chi connectivity index (χ3n) is 3.88. The Hall–Kier alpha value is -0.570. The second kappa shape index (κ2) is 4.97. The molecule has 0 aromatic heterocycles. The summed E-state index contributed by atoms with van der Waals surface area (Å²) >= 11 is 0. The minimum absolute atomic E-state index is 0.333. The van der Waals surface area contributed by atoms with E-state index in [1.54, 1.807) is 0 Å². The van der Waals surface area contributed by atoms with Crippen LogP contribution in [0.4, 0.5) is 0 Å². The molecule has 0 radical (unpaired) electrons. The van der Waals surface area contributed by atoms with Crippen molar-refractivity contribution in [2.24, 2.45) is 11.7 Å². The van der Waals surface area contributed by atoms with Crippen molar-refractivity contribution in [2.75, 3.05) is 13.1 Å². The molecule has 0 aromatic rings. The first kappa shape index (κ1) is 10.9. The fourth-order valence-corrected chi connectivity index (χ4v) is 2.81. The molecule has 2 rings (SSSR count). The highest BCUT2D eigenvalue weighted by Crippen LogP contribution is 2.29. The maximum absolute atomic E-state index is 12.2. The van der Waals surface area contributed by atoms with E-state index in [4.69, 9.17) is 5.73 Å². The van der Waals surface area contributed by atoms with E-state index in [1.807, 2.05) is 0 Å². The van der Waals surface area contributed by atoms with E-state index in [2.05, 4.69) is 4.90 Å². The molecule has 1 unspecified atom stereocenters. The summed E-state index contributed by atoms with van der Waals surface area (Å²) in [7, 11) is 0. The second-order valence-corrected chi connectivity index (χ2v) is 4.89. The van der Waals surface area contributed by atoms with E-state index in [0.717, 1.165) is 32.2 Å². The zero-order valence-corrected chi connectivity index (χ0v) is 9.45. The lowest BCUT2D eigenvalue weighted by molar-refractivity contribution is -0.144. The zero-order valence-electron chi connectivity index (χ0n) is 9.45. The van der Waals surface area contributed by atoms with Crippen LogP contribution in [-0.2, 0) is 4.79 Å². The molecule has 0 bridgehead atoms. The molecule has 0 spiro atoms. The van der Waals surface area contributed by atoms with Crippen molar-refractivity contribution in [1.82, 2.24) is 4.90 Å². The second-order valence-electron chi connectivity index (χ2n) is 4.89. The molecule has 1 saturated heterocycles. The summed E-state index contributed by atoms with van der Waals surface area (Å²) in [5.74, 6) is 0.749. The minimum atomic E-state index is 0.333. The molecule has 15 heavy (non-hydrogen) atoms. The van der Waals surface area contributed by atoms with E-state index >= 15 is 0 Å². The van der Waals surface area contributed by atoms with E-state index < -0.39 is 0 Å². The predicted octanol–water partition coefficient (Wildman–Crippen LogP) is 1.52. The highest BCUT2D eigenvalue weighted by Gasteiger charge is 2.35. The smallest absolute Gasteiger partial charge is 0.225 e. The number of nitrogens with two attached hydrogens (primary N) is 1. The molecule has 3 heteroatoms. The van der Waals surface area contributed by atoms with Gasteiger partial charge in [-0.25, -0.2) is 0 Å². The largest absolute Gasteiger partial charge is 0.339 e. The molecule has 0 aromatic carbocycles. The Kier molecular flexibility index (Phi) is 3.62. The van der Waals surface area contributed by atoms with Gasteiger partial charge in [0.1, 0.15) is 0 Å². The lowest BCUT2D eigenvalue weighted by atomic mass is 9.86. The van der Waals surface area contributed by atoms with Crippen LogP contribution in [0.5, 0.6) is 0 Å². The number of nitrogens with zero attached hydrogens (tertiary/aromatic N) is 1. The number of rotatable bonds is 3. The van der Waals surface area contributed by atoms with Crippen molar-refractivity contribution >= 4 is 5.91 Å². The Morgan fingerprint density at radius 2 is 1.93 bits per heavy atom.